The Labute approximate surface area is 135 Å². The molecule has 0 atom stereocenters. The Morgan fingerprint density at radius 1 is 1.04 bits per heavy atom. The summed E-state index contributed by atoms with van der Waals surface area (Å²) in [6, 6.07) is 1.96. The number of hydrogen-bond acceptors (Lipinski definition) is 5. The maximum Gasteiger partial charge on any atom is 0.418 e. The fraction of sp³-hybridized carbons (Fsp3) is 0.231. The lowest BCUT2D eigenvalue weighted by molar-refractivity contribution is -0.136. The zero-order valence-corrected chi connectivity index (χ0v) is 13.3. The third-order valence-electron chi connectivity index (χ3n) is 3.80. The first-order chi connectivity index (χ1) is 11.0. The Bertz CT molecular complexity index is 957. The van der Waals surface area contributed by atoms with Crippen molar-refractivity contribution in [1.29, 1.82) is 0 Å². The number of fused-ring (bicyclic) bond motifs is 1. The molecule has 0 amide bonds. The second-order valence-electron chi connectivity index (χ2n) is 5.30. The minimum Gasteiger partial charge on any atom is -0.382 e. The third kappa shape index (κ3) is 2.50. The van der Waals surface area contributed by atoms with Crippen LogP contribution in [0.2, 0.25) is 0 Å². The van der Waals surface area contributed by atoms with Crippen molar-refractivity contribution in [3.05, 3.63) is 28.8 Å². The average Bonchev–Trinajstić information content (AvgIpc) is 2.78. The van der Waals surface area contributed by atoms with Gasteiger partial charge in [-0.1, -0.05) is 0 Å². The first-order valence-electron chi connectivity index (χ1n) is 6.66. The Kier molecular flexibility index (Phi) is 3.37. The van der Waals surface area contributed by atoms with E-state index in [9.17, 15) is 21.6 Å². The van der Waals surface area contributed by atoms with E-state index >= 15 is 0 Å². The average molecular weight is 359 g/mol. The van der Waals surface area contributed by atoms with Crippen molar-refractivity contribution in [2.45, 2.75) is 20.0 Å². The normalized spacial score (nSPS) is 15.5. The van der Waals surface area contributed by atoms with Crippen LogP contribution in [0.25, 0.3) is 11.3 Å². The van der Waals surface area contributed by atoms with Crippen LogP contribution in [-0.4, -0.2) is 18.6 Å². The van der Waals surface area contributed by atoms with E-state index in [-0.39, 0.29) is 22.8 Å². The topological polar surface area (TPSA) is 110 Å². The summed E-state index contributed by atoms with van der Waals surface area (Å²) in [6.45, 7) is 3.37. The third-order valence-corrected chi connectivity index (χ3v) is 4.74. The summed E-state index contributed by atoms with van der Waals surface area (Å²) in [4.78, 5) is 0. The standard InChI is InChI=1S/C13H12F3N5O2S/c1-5-6(2)12(17)19-18-9(5)7-3-4-8(13(14,15)16)11-10(7)20-24(22,23)21-11/h3-4,20-21H,1-2H3,(H2,17,19). The molecule has 7 nitrogen and oxygen atoms in total. The lowest BCUT2D eigenvalue weighted by Gasteiger charge is -2.15. The molecule has 11 heteroatoms. The van der Waals surface area contributed by atoms with Gasteiger partial charge in [0, 0.05) is 5.56 Å². The highest BCUT2D eigenvalue weighted by Crippen LogP contribution is 2.47. The SMILES string of the molecule is Cc1c(N)nnc(-c2ccc(C(F)(F)F)c3c2NS(=O)(=O)N3)c1C. The number of rotatable bonds is 1. The van der Waals surface area contributed by atoms with E-state index in [4.69, 9.17) is 5.73 Å². The highest BCUT2D eigenvalue weighted by Gasteiger charge is 2.40. The number of alkyl halides is 3. The highest BCUT2D eigenvalue weighted by atomic mass is 32.2. The number of halogens is 3. The molecule has 0 fully saturated rings. The van der Waals surface area contributed by atoms with Crippen LogP contribution in [0.4, 0.5) is 30.4 Å². The summed E-state index contributed by atoms with van der Waals surface area (Å²) in [6.07, 6.45) is -4.71. The lowest BCUT2D eigenvalue weighted by Crippen LogP contribution is -2.14. The molecule has 4 N–H and O–H groups in total. The molecule has 1 aromatic carbocycles. The molecule has 2 aromatic rings. The second-order valence-corrected chi connectivity index (χ2v) is 6.71. The Balaban J connectivity index is 2.31. The molecule has 0 bridgehead atoms. The molecular weight excluding hydrogens is 347 g/mol. The van der Waals surface area contributed by atoms with Crippen molar-refractivity contribution in [2.75, 3.05) is 15.2 Å². The van der Waals surface area contributed by atoms with E-state index in [2.05, 4.69) is 14.9 Å². The Morgan fingerprint density at radius 3 is 2.29 bits per heavy atom. The molecule has 24 heavy (non-hydrogen) atoms. The fourth-order valence-corrected chi connectivity index (χ4v) is 3.43. The minimum atomic E-state index is -4.71. The van der Waals surface area contributed by atoms with E-state index in [0.717, 1.165) is 12.1 Å². The van der Waals surface area contributed by atoms with Gasteiger partial charge >= 0.3 is 16.4 Å². The first kappa shape index (κ1) is 16.3. The summed E-state index contributed by atoms with van der Waals surface area (Å²) >= 11 is 0. The van der Waals surface area contributed by atoms with E-state index in [1.54, 1.807) is 13.8 Å². The molecule has 1 aliphatic heterocycles. The fourth-order valence-electron chi connectivity index (χ4n) is 2.42. The molecule has 1 aromatic heterocycles. The monoisotopic (exact) mass is 359 g/mol. The van der Waals surface area contributed by atoms with Crippen LogP contribution in [0.5, 0.6) is 0 Å². The number of hydrogen-bond donors (Lipinski definition) is 3. The van der Waals surface area contributed by atoms with Crippen LogP contribution in [0, 0.1) is 13.8 Å². The van der Waals surface area contributed by atoms with Crippen molar-refractivity contribution in [3.8, 4) is 11.3 Å². The van der Waals surface area contributed by atoms with Gasteiger partial charge in [-0.25, -0.2) is 0 Å². The van der Waals surface area contributed by atoms with Gasteiger partial charge in [0.25, 0.3) is 0 Å². The van der Waals surface area contributed by atoms with Crippen molar-refractivity contribution >= 4 is 27.4 Å². The molecule has 0 aliphatic carbocycles. The zero-order valence-electron chi connectivity index (χ0n) is 12.5. The molecule has 1 aliphatic rings. The number of nitrogens with one attached hydrogen (secondary N) is 2. The van der Waals surface area contributed by atoms with Crippen LogP contribution < -0.4 is 15.2 Å². The van der Waals surface area contributed by atoms with Gasteiger partial charge in [0.15, 0.2) is 0 Å². The summed E-state index contributed by atoms with van der Waals surface area (Å²) in [5, 5.41) is 7.66. The Hall–Kier alpha value is -2.56. The van der Waals surface area contributed by atoms with Crippen LogP contribution in [0.1, 0.15) is 16.7 Å². The molecule has 2 heterocycles. The van der Waals surface area contributed by atoms with Gasteiger partial charge < -0.3 is 5.73 Å². The van der Waals surface area contributed by atoms with Gasteiger partial charge in [-0.2, -0.15) is 21.6 Å². The van der Waals surface area contributed by atoms with Gasteiger partial charge in [-0.3, -0.25) is 9.44 Å². The van der Waals surface area contributed by atoms with Crippen molar-refractivity contribution in [2.24, 2.45) is 0 Å². The molecule has 0 spiro atoms. The number of nitrogens with zero attached hydrogens (tertiary/aromatic N) is 2. The summed E-state index contributed by atoms with van der Waals surface area (Å²) in [7, 11) is -4.12. The van der Waals surface area contributed by atoms with E-state index in [1.807, 2.05) is 4.72 Å². The molecule has 0 unspecified atom stereocenters. The number of benzene rings is 1. The van der Waals surface area contributed by atoms with E-state index in [1.165, 1.54) is 0 Å². The van der Waals surface area contributed by atoms with E-state index < -0.39 is 27.6 Å². The lowest BCUT2D eigenvalue weighted by atomic mass is 9.99. The molecular formula is C13H12F3N5O2S. The Morgan fingerprint density at radius 2 is 1.67 bits per heavy atom. The maximum atomic E-state index is 13.1. The number of nitrogens with two attached hydrogens (primary N) is 1. The molecule has 0 saturated heterocycles. The largest absolute Gasteiger partial charge is 0.418 e. The molecule has 3 rings (SSSR count). The first-order valence-corrected chi connectivity index (χ1v) is 8.14. The predicted octanol–water partition coefficient (Wildman–Crippen LogP) is 2.44. The molecule has 0 saturated carbocycles. The van der Waals surface area contributed by atoms with Gasteiger partial charge in [-0.15, -0.1) is 10.2 Å². The molecule has 128 valence electrons. The minimum absolute atomic E-state index is 0.180. The second kappa shape index (κ2) is 4.97. The quantitative estimate of drug-likeness (QED) is 0.724. The zero-order chi connectivity index (χ0) is 17.9. The summed E-state index contributed by atoms with van der Waals surface area (Å²) in [5.41, 5.74) is 5.43. The molecule has 0 radical (unpaired) electrons. The van der Waals surface area contributed by atoms with Crippen molar-refractivity contribution in [1.82, 2.24) is 10.2 Å². The predicted molar refractivity (Wildman–Crippen MR) is 82.5 cm³/mol. The van der Waals surface area contributed by atoms with Gasteiger partial charge in [0.2, 0.25) is 0 Å². The maximum absolute atomic E-state index is 13.1. The van der Waals surface area contributed by atoms with Crippen molar-refractivity contribution < 1.29 is 21.6 Å². The van der Waals surface area contributed by atoms with Crippen LogP contribution in [-0.2, 0) is 16.4 Å². The van der Waals surface area contributed by atoms with Gasteiger partial charge in [0.1, 0.15) is 5.82 Å². The number of aromatic nitrogens is 2. The number of anilines is 3. The smallest absolute Gasteiger partial charge is 0.382 e. The van der Waals surface area contributed by atoms with Crippen LogP contribution in [0.3, 0.4) is 0 Å². The summed E-state index contributed by atoms with van der Waals surface area (Å²) in [5.74, 6) is 0.193. The number of nitrogen functional groups attached to an aromatic ring is 1. The van der Waals surface area contributed by atoms with Gasteiger partial charge in [0.05, 0.1) is 22.6 Å². The van der Waals surface area contributed by atoms with Crippen LogP contribution >= 0.6 is 0 Å². The van der Waals surface area contributed by atoms with E-state index in [0.29, 0.717) is 11.1 Å². The van der Waals surface area contributed by atoms with Crippen molar-refractivity contribution in [3.63, 3.8) is 0 Å². The summed E-state index contributed by atoms with van der Waals surface area (Å²) < 4.78 is 66.7. The highest BCUT2D eigenvalue weighted by molar-refractivity contribution is 7.94. The van der Waals surface area contributed by atoms with Gasteiger partial charge in [-0.05, 0) is 37.1 Å². The van der Waals surface area contributed by atoms with Crippen LogP contribution in [0.15, 0.2) is 12.1 Å².